The van der Waals surface area contributed by atoms with E-state index in [1.165, 1.54) is 0 Å². The normalized spacial score (nSPS) is 18.1. The number of H-pyrrole nitrogens is 1. The first-order valence-electron chi connectivity index (χ1n) is 4.98. The van der Waals surface area contributed by atoms with Crippen LogP contribution in [0.15, 0.2) is 4.79 Å². The molecule has 88 valence electrons. The van der Waals surface area contributed by atoms with Crippen LogP contribution >= 0.6 is 0 Å². The quantitative estimate of drug-likeness (QED) is 0.692. The summed E-state index contributed by atoms with van der Waals surface area (Å²) in [6.45, 7) is 0.419. The van der Waals surface area contributed by atoms with Crippen molar-refractivity contribution in [2.75, 3.05) is 12.8 Å². The number of nitrogens with zero attached hydrogens (tertiary/aromatic N) is 1. The van der Waals surface area contributed by atoms with E-state index in [1.807, 2.05) is 0 Å². The van der Waals surface area contributed by atoms with Gasteiger partial charge in [0, 0.05) is 5.56 Å². The molecule has 0 saturated heterocycles. The molecule has 1 aromatic rings. The summed E-state index contributed by atoms with van der Waals surface area (Å²) in [5, 5.41) is 2.86. The van der Waals surface area contributed by atoms with Crippen molar-refractivity contribution in [3.8, 4) is 0 Å². The summed E-state index contributed by atoms with van der Waals surface area (Å²) in [6, 6.07) is 0. The Hall–Kier alpha value is -1.21. The molecule has 1 aliphatic heterocycles. The van der Waals surface area contributed by atoms with E-state index < -0.39 is 9.84 Å². The Balaban J connectivity index is 2.49. The second kappa shape index (κ2) is 3.99. The number of sulfone groups is 1. The molecule has 0 saturated carbocycles. The fraction of sp³-hybridized carbons (Fsp3) is 0.556. The van der Waals surface area contributed by atoms with Gasteiger partial charge in [0.2, 0.25) is 0 Å². The molecule has 1 aliphatic rings. The first-order chi connectivity index (χ1) is 7.52. The molecule has 0 spiro atoms. The van der Waals surface area contributed by atoms with Gasteiger partial charge in [0.15, 0.2) is 9.84 Å². The standard InChI is InChI=1S/C9H13N3O3S/c1-10-4-8-11-7-5-16(14,15)3-2-6(7)9(13)12-8/h10H,2-5H2,1H3,(H,11,12,13). The average Bonchev–Trinajstić information content (AvgIpc) is 2.15. The minimum absolute atomic E-state index is 0.0378. The van der Waals surface area contributed by atoms with Gasteiger partial charge in [0.25, 0.3) is 5.56 Å². The summed E-state index contributed by atoms with van der Waals surface area (Å²) in [5.74, 6) is 0.391. The highest BCUT2D eigenvalue weighted by Crippen LogP contribution is 2.15. The van der Waals surface area contributed by atoms with Crippen LogP contribution in [0.5, 0.6) is 0 Å². The molecule has 0 amide bonds. The predicted octanol–water partition coefficient (Wildman–Crippen LogP) is -1.04. The lowest BCUT2D eigenvalue weighted by molar-refractivity contribution is 0.589. The lowest BCUT2D eigenvalue weighted by Gasteiger charge is -2.15. The van der Waals surface area contributed by atoms with E-state index >= 15 is 0 Å². The van der Waals surface area contributed by atoms with E-state index in [4.69, 9.17) is 0 Å². The van der Waals surface area contributed by atoms with Crippen LogP contribution in [-0.4, -0.2) is 31.2 Å². The maximum atomic E-state index is 11.7. The van der Waals surface area contributed by atoms with E-state index in [0.29, 0.717) is 23.6 Å². The molecule has 0 aromatic carbocycles. The number of nitrogens with one attached hydrogen (secondary N) is 2. The Labute approximate surface area is 93.0 Å². The average molecular weight is 243 g/mol. The van der Waals surface area contributed by atoms with Crippen LogP contribution in [0.25, 0.3) is 0 Å². The molecule has 0 fully saturated rings. The van der Waals surface area contributed by atoms with E-state index in [2.05, 4.69) is 15.3 Å². The van der Waals surface area contributed by atoms with Crippen LogP contribution in [0.3, 0.4) is 0 Å². The summed E-state index contributed by atoms with van der Waals surface area (Å²) in [7, 11) is -1.35. The first-order valence-corrected chi connectivity index (χ1v) is 6.80. The largest absolute Gasteiger partial charge is 0.313 e. The molecule has 1 aromatic heterocycles. The van der Waals surface area contributed by atoms with Crippen molar-refractivity contribution < 1.29 is 8.42 Å². The molecule has 0 radical (unpaired) electrons. The Morgan fingerprint density at radius 1 is 1.50 bits per heavy atom. The number of aromatic amines is 1. The third kappa shape index (κ3) is 2.14. The third-order valence-electron chi connectivity index (χ3n) is 2.51. The van der Waals surface area contributed by atoms with Gasteiger partial charge in [-0.15, -0.1) is 0 Å². The van der Waals surface area contributed by atoms with E-state index in [1.54, 1.807) is 7.05 Å². The summed E-state index contributed by atoms with van der Waals surface area (Å²) in [6.07, 6.45) is 0.264. The zero-order valence-corrected chi connectivity index (χ0v) is 9.73. The fourth-order valence-electron chi connectivity index (χ4n) is 1.76. The van der Waals surface area contributed by atoms with Crippen LogP contribution < -0.4 is 10.9 Å². The minimum Gasteiger partial charge on any atom is -0.313 e. The zero-order valence-electron chi connectivity index (χ0n) is 8.91. The topological polar surface area (TPSA) is 91.9 Å². The number of rotatable bonds is 2. The Morgan fingerprint density at radius 2 is 2.25 bits per heavy atom. The highest BCUT2D eigenvalue weighted by molar-refractivity contribution is 7.90. The van der Waals surface area contributed by atoms with Crippen molar-refractivity contribution in [2.24, 2.45) is 0 Å². The van der Waals surface area contributed by atoms with Gasteiger partial charge in [-0.25, -0.2) is 13.4 Å². The summed E-state index contributed by atoms with van der Waals surface area (Å²) >= 11 is 0. The number of hydrogen-bond donors (Lipinski definition) is 2. The van der Waals surface area contributed by atoms with Gasteiger partial charge in [-0.1, -0.05) is 0 Å². The van der Waals surface area contributed by atoms with Gasteiger partial charge in [0.1, 0.15) is 5.82 Å². The Morgan fingerprint density at radius 3 is 2.94 bits per heavy atom. The molecular formula is C9H13N3O3S. The molecule has 2 rings (SSSR count). The van der Waals surface area contributed by atoms with Crippen LogP contribution in [-0.2, 0) is 28.6 Å². The van der Waals surface area contributed by atoms with E-state index in [-0.39, 0.29) is 23.5 Å². The van der Waals surface area contributed by atoms with Crippen molar-refractivity contribution >= 4 is 9.84 Å². The third-order valence-corrected chi connectivity index (χ3v) is 4.05. The molecule has 2 N–H and O–H groups in total. The molecule has 0 atom stereocenters. The second-order valence-electron chi connectivity index (χ2n) is 3.81. The highest BCUT2D eigenvalue weighted by atomic mass is 32.2. The molecule has 2 heterocycles. The zero-order chi connectivity index (χ0) is 11.8. The minimum atomic E-state index is -3.08. The number of hydrogen-bond acceptors (Lipinski definition) is 5. The molecule has 7 heteroatoms. The molecule has 6 nitrogen and oxygen atoms in total. The molecule has 0 unspecified atom stereocenters. The van der Waals surface area contributed by atoms with Crippen LogP contribution in [0.2, 0.25) is 0 Å². The van der Waals surface area contributed by atoms with Crippen molar-refractivity contribution in [2.45, 2.75) is 18.7 Å². The van der Waals surface area contributed by atoms with Crippen molar-refractivity contribution in [1.82, 2.24) is 15.3 Å². The highest BCUT2D eigenvalue weighted by Gasteiger charge is 2.25. The summed E-state index contributed by atoms with van der Waals surface area (Å²) < 4.78 is 22.9. The molecule has 0 aliphatic carbocycles. The van der Waals surface area contributed by atoms with Gasteiger partial charge in [-0.05, 0) is 13.5 Å². The van der Waals surface area contributed by atoms with Crippen molar-refractivity contribution in [1.29, 1.82) is 0 Å². The SMILES string of the molecule is CNCc1nc2c(c(=O)[nH]1)CCS(=O)(=O)C2. The number of aromatic nitrogens is 2. The van der Waals surface area contributed by atoms with Crippen LogP contribution in [0.1, 0.15) is 17.1 Å². The summed E-state index contributed by atoms with van der Waals surface area (Å²) in [4.78, 5) is 18.5. The fourth-order valence-corrected chi connectivity index (χ4v) is 3.08. The van der Waals surface area contributed by atoms with E-state index in [0.717, 1.165) is 0 Å². The monoisotopic (exact) mass is 243 g/mol. The van der Waals surface area contributed by atoms with Crippen molar-refractivity contribution in [3.63, 3.8) is 0 Å². The predicted molar refractivity (Wildman–Crippen MR) is 58.8 cm³/mol. The van der Waals surface area contributed by atoms with Crippen molar-refractivity contribution in [3.05, 3.63) is 27.4 Å². The lowest BCUT2D eigenvalue weighted by atomic mass is 10.2. The number of fused-ring (bicyclic) bond motifs is 1. The second-order valence-corrected chi connectivity index (χ2v) is 5.99. The van der Waals surface area contributed by atoms with Gasteiger partial charge in [0.05, 0.1) is 23.7 Å². The maximum absolute atomic E-state index is 11.7. The van der Waals surface area contributed by atoms with Crippen LogP contribution in [0.4, 0.5) is 0 Å². The lowest BCUT2D eigenvalue weighted by Crippen LogP contribution is -2.29. The maximum Gasteiger partial charge on any atom is 0.254 e. The Kier molecular flexibility index (Phi) is 2.81. The van der Waals surface area contributed by atoms with E-state index in [9.17, 15) is 13.2 Å². The van der Waals surface area contributed by atoms with Gasteiger partial charge < -0.3 is 10.3 Å². The van der Waals surface area contributed by atoms with Gasteiger partial charge in [-0.2, -0.15) is 0 Å². The van der Waals surface area contributed by atoms with Gasteiger partial charge >= 0.3 is 0 Å². The first kappa shape index (κ1) is 11.3. The van der Waals surface area contributed by atoms with Gasteiger partial charge in [-0.3, -0.25) is 4.79 Å². The molecule has 0 bridgehead atoms. The van der Waals surface area contributed by atoms with Crippen LogP contribution in [0, 0.1) is 0 Å². The smallest absolute Gasteiger partial charge is 0.254 e. The molecule has 16 heavy (non-hydrogen) atoms. The Bertz CT molecular complexity index is 562. The summed E-state index contributed by atoms with van der Waals surface area (Å²) in [5.41, 5.74) is 0.695. The molecular weight excluding hydrogens is 230 g/mol.